The fourth-order valence-electron chi connectivity index (χ4n) is 17.7. The van der Waals surface area contributed by atoms with E-state index in [1.807, 2.05) is 24.3 Å². The van der Waals surface area contributed by atoms with Gasteiger partial charge in [0.2, 0.25) is 0 Å². The summed E-state index contributed by atoms with van der Waals surface area (Å²) in [5.74, 6) is 0.873. The Morgan fingerprint density at radius 1 is 0.385 bits per heavy atom. The van der Waals surface area contributed by atoms with Crippen LogP contribution in [0.4, 0.5) is 56.9 Å². The van der Waals surface area contributed by atoms with E-state index in [2.05, 4.69) is 262 Å². The minimum absolute atomic E-state index is 0.436. The lowest BCUT2D eigenvalue weighted by atomic mass is 9.64. The first-order valence-corrected chi connectivity index (χ1v) is 34.2. The number of fused-ring (bicyclic) bond motifs is 19. The van der Waals surface area contributed by atoms with Gasteiger partial charge in [-0.15, -0.1) is 0 Å². The SMILES string of the molecule is [C-]#[N+]c1ccc(N(c2cc3c(c4ccccc24)-c2c(cc(N(c4ccc(C#N)cc4)c4cccc5c4oc4c(C6CCCCC6)cccc45)c4ccccc24)C32c3ccccc3N(c3ccccc3)c3ccccc32)c2cccc3c2oc2c(C4CCCCC4)cccc23)cc1. The summed E-state index contributed by atoms with van der Waals surface area (Å²) in [5.41, 5.74) is 22.2. The molecule has 19 rings (SSSR count). The van der Waals surface area contributed by atoms with Crippen molar-refractivity contribution in [2.24, 2.45) is 0 Å². The van der Waals surface area contributed by atoms with Crippen LogP contribution in [0.5, 0.6) is 0 Å². The Balaban J connectivity index is 0.941. The maximum Gasteiger partial charge on any atom is 0.187 e. The molecule has 3 heterocycles. The molecule has 13 aromatic carbocycles. The number of para-hydroxylation sites is 7. The number of nitriles is 1. The first kappa shape index (κ1) is 55.9. The molecule has 1 aliphatic heterocycles. The van der Waals surface area contributed by atoms with Crippen molar-refractivity contribution in [2.45, 2.75) is 81.5 Å². The molecule has 0 saturated heterocycles. The van der Waals surface area contributed by atoms with Crippen LogP contribution in [0.2, 0.25) is 0 Å². The molecular weight excluding hydrogens is 1170 g/mol. The van der Waals surface area contributed by atoms with E-state index in [4.69, 9.17) is 15.4 Å². The maximum atomic E-state index is 10.4. The van der Waals surface area contributed by atoms with Crippen LogP contribution in [0.25, 0.3) is 81.4 Å². The highest BCUT2D eigenvalue weighted by Gasteiger charge is 2.54. The molecule has 0 bridgehead atoms. The zero-order valence-corrected chi connectivity index (χ0v) is 53.1. The third kappa shape index (κ3) is 8.30. The Morgan fingerprint density at radius 3 is 1.26 bits per heavy atom. The highest BCUT2D eigenvalue weighted by molar-refractivity contribution is 6.21. The predicted octanol–water partition coefficient (Wildman–Crippen LogP) is 25.4. The number of hydrogen-bond donors (Lipinski definition) is 0. The third-order valence-electron chi connectivity index (χ3n) is 21.8. The lowest BCUT2D eigenvalue weighted by molar-refractivity contribution is 0.442. The van der Waals surface area contributed by atoms with E-state index < -0.39 is 5.41 Å². The highest BCUT2D eigenvalue weighted by Crippen LogP contribution is 2.68. The molecule has 15 aromatic rings. The summed E-state index contributed by atoms with van der Waals surface area (Å²) in [6.07, 6.45) is 12.1. The summed E-state index contributed by atoms with van der Waals surface area (Å²) < 4.78 is 14.9. The molecule has 0 amide bonds. The van der Waals surface area contributed by atoms with Gasteiger partial charge in [-0.3, -0.25) is 0 Å². The lowest BCUT2D eigenvalue weighted by Gasteiger charge is -2.45. The largest absolute Gasteiger partial charge is 0.454 e. The molecule has 7 nitrogen and oxygen atoms in total. The van der Waals surface area contributed by atoms with Crippen molar-refractivity contribution in [1.82, 2.24) is 0 Å². The molecule has 0 unspecified atom stereocenters. The van der Waals surface area contributed by atoms with Crippen LogP contribution < -0.4 is 14.7 Å². The number of anilines is 9. The van der Waals surface area contributed by atoms with Crippen LogP contribution in [0.15, 0.2) is 270 Å². The van der Waals surface area contributed by atoms with Gasteiger partial charge in [0.25, 0.3) is 0 Å². The molecule has 96 heavy (non-hydrogen) atoms. The van der Waals surface area contributed by atoms with Crippen LogP contribution >= 0.6 is 0 Å². The van der Waals surface area contributed by atoms with E-state index in [0.717, 1.165) is 165 Å². The lowest BCUT2D eigenvalue weighted by Crippen LogP contribution is -2.36. The number of nitrogens with zero attached hydrogens (tertiary/aromatic N) is 5. The van der Waals surface area contributed by atoms with Crippen LogP contribution in [0, 0.1) is 17.9 Å². The second kappa shape index (κ2) is 22.3. The topological polar surface area (TPSA) is 64.2 Å². The molecule has 2 aromatic heterocycles. The van der Waals surface area contributed by atoms with E-state index in [9.17, 15) is 5.26 Å². The van der Waals surface area contributed by atoms with E-state index >= 15 is 0 Å². The van der Waals surface area contributed by atoms with Crippen molar-refractivity contribution in [2.75, 3.05) is 14.7 Å². The summed E-state index contributed by atoms with van der Waals surface area (Å²) in [6.45, 7) is 8.17. The number of hydrogen-bond acceptors (Lipinski definition) is 6. The molecule has 3 aliphatic carbocycles. The minimum Gasteiger partial charge on any atom is -0.454 e. The molecule has 458 valence electrons. The Kier molecular flexibility index (Phi) is 13.0. The molecule has 4 aliphatic rings. The monoisotopic (exact) mass is 1240 g/mol. The average molecular weight is 1240 g/mol. The van der Waals surface area contributed by atoms with Crippen molar-refractivity contribution >= 4 is 122 Å². The summed E-state index contributed by atoms with van der Waals surface area (Å²) in [7, 11) is 0. The highest BCUT2D eigenvalue weighted by atomic mass is 16.3. The maximum absolute atomic E-state index is 10.4. The average Bonchev–Trinajstić information content (AvgIpc) is 1.47. The second-order valence-electron chi connectivity index (χ2n) is 26.8. The summed E-state index contributed by atoms with van der Waals surface area (Å²) >= 11 is 0. The normalized spacial score (nSPS) is 15.0. The van der Waals surface area contributed by atoms with Gasteiger partial charge in [-0.25, -0.2) is 4.85 Å². The Hall–Kier alpha value is -11.6. The molecule has 0 atom stereocenters. The fourth-order valence-corrected chi connectivity index (χ4v) is 17.7. The van der Waals surface area contributed by atoms with Crippen molar-refractivity contribution in [1.29, 1.82) is 5.26 Å². The second-order valence-corrected chi connectivity index (χ2v) is 26.8. The van der Waals surface area contributed by atoms with Gasteiger partial charge in [-0.1, -0.05) is 214 Å². The standard InChI is InChI=1S/C89H65N5O2/c1-91-59-47-51-62(52-48-59)94(80-44-22-38-72-70-36-20-34-64(86(70)96-88(72)80)58-25-7-3-8-26-58)82-54-76-84(68-32-14-12-30-66(68)82)83-67-31-13-11-29-65(67)81(53-75(83)89(76)73-39-15-17-41-77(73)92(60-27-9-4-10-28-60)78-42-18-16-40-74(78)89)93(61-49-45-56(55-90)46-50-61)79-43-21-37-71-69-35-19-33-63(85(69)95-87(71)79)57-23-5-2-6-24-57/h4,9-22,27-54,57-58H,2-3,5-8,23-26H2. The first-order chi connectivity index (χ1) is 47.6. The third-order valence-corrected chi connectivity index (χ3v) is 21.8. The minimum atomic E-state index is -0.975. The van der Waals surface area contributed by atoms with Crippen molar-refractivity contribution in [3.05, 3.63) is 311 Å². The Morgan fingerprint density at radius 2 is 0.792 bits per heavy atom. The van der Waals surface area contributed by atoms with Crippen molar-refractivity contribution in [3.8, 4) is 17.2 Å². The molecular formula is C89H65N5O2. The summed E-state index contributed by atoms with van der Waals surface area (Å²) in [5, 5.41) is 19.2. The van der Waals surface area contributed by atoms with Crippen molar-refractivity contribution in [3.63, 3.8) is 0 Å². The van der Waals surface area contributed by atoms with Gasteiger partial charge in [0.15, 0.2) is 16.9 Å². The fraction of sp³-hybridized carbons (Fsp3) is 0.146. The van der Waals surface area contributed by atoms with E-state index in [1.165, 1.54) is 60.8 Å². The Labute approximate surface area is 557 Å². The number of furan rings is 2. The van der Waals surface area contributed by atoms with Crippen LogP contribution in [-0.2, 0) is 5.41 Å². The molecule has 0 radical (unpaired) electrons. The van der Waals surface area contributed by atoms with Gasteiger partial charge < -0.3 is 23.5 Å². The van der Waals surface area contributed by atoms with Gasteiger partial charge in [0.1, 0.15) is 11.2 Å². The van der Waals surface area contributed by atoms with E-state index in [1.54, 1.807) is 0 Å². The molecule has 7 heteroatoms. The molecule has 1 spiro atoms. The van der Waals surface area contributed by atoms with Gasteiger partial charge >= 0.3 is 0 Å². The Bertz CT molecular complexity index is 5400. The van der Waals surface area contributed by atoms with Crippen molar-refractivity contribution < 1.29 is 8.83 Å². The quantitative estimate of drug-likeness (QED) is 0.134. The summed E-state index contributed by atoms with van der Waals surface area (Å²) in [6, 6.07) is 97.5. The molecule has 2 saturated carbocycles. The molecule has 0 N–H and O–H groups in total. The van der Waals surface area contributed by atoms with Gasteiger partial charge in [-0.2, -0.15) is 5.26 Å². The van der Waals surface area contributed by atoms with Gasteiger partial charge in [0.05, 0.1) is 57.7 Å². The molecule has 2 fully saturated rings. The zero-order chi connectivity index (χ0) is 63.6. The van der Waals surface area contributed by atoms with Gasteiger partial charge in [0, 0.05) is 49.4 Å². The van der Waals surface area contributed by atoms with Crippen LogP contribution in [-0.4, -0.2) is 0 Å². The van der Waals surface area contributed by atoms with Crippen LogP contribution in [0.3, 0.4) is 0 Å². The van der Waals surface area contributed by atoms with Crippen LogP contribution in [0.1, 0.15) is 115 Å². The van der Waals surface area contributed by atoms with E-state index in [0.29, 0.717) is 23.1 Å². The number of rotatable bonds is 9. The zero-order valence-electron chi connectivity index (χ0n) is 53.1. The smallest absolute Gasteiger partial charge is 0.187 e. The van der Waals surface area contributed by atoms with E-state index in [-0.39, 0.29) is 0 Å². The van der Waals surface area contributed by atoms with Gasteiger partial charge in [-0.05, 0) is 178 Å². The number of benzene rings is 13. The predicted molar refractivity (Wildman–Crippen MR) is 394 cm³/mol. The summed E-state index contributed by atoms with van der Waals surface area (Å²) in [4.78, 5) is 11.2. The first-order valence-electron chi connectivity index (χ1n) is 34.2.